The normalized spacial score (nSPS) is 31.4. The summed E-state index contributed by atoms with van der Waals surface area (Å²) >= 11 is 0. The zero-order valence-corrected chi connectivity index (χ0v) is 36.3. The van der Waals surface area contributed by atoms with Gasteiger partial charge < -0.3 is 24.8 Å². The van der Waals surface area contributed by atoms with Gasteiger partial charge in [-0.3, -0.25) is 14.4 Å². The van der Waals surface area contributed by atoms with Gasteiger partial charge in [-0.15, -0.1) is 0 Å². The van der Waals surface area contributed by atoms with E-state index in [1.807, 2.05) is 20.8 Å². The average molecular weight is 785 g/mol. The van der Waals surface area contributed by atoms with E-state index in [1.54, 1.807) is 19.1 Å². The van der Waals surface area contributed by atoms with E-state index in [-0.39, 0.29) is 36.3 Å². The van der Waals surface area contributed by atoms with Gasteiger partial charge in [0.2, 0.25) is 0 Å². The summed E-state index contributed by atoms with van der Waals surface area (Å²) < 4.78 is 12.2. The first kappa shape index (κ1) is 46.7. The van der Waals surface area contributed by atoms with Gasteiger partial charge in [-0.1, -0.05) is 175 Å². The lowest BCUT2D eigenvalue weighted by molar-refractivity contribution is -0.192. The van der Waals surface area contributed by atoms with Crippen molar-refractivity contribution in [3.05, 3.63) is 23.3 Å². The largest absolute Gasteiger partial charge is 0.461 e. The molecule has 0 aliphatic heterocycles. The highest BCUT2D eigenvalue weighted by atomic mass is 16.6. The van der Waals surface area contributed by atoms with Crippen LogP contribution in [0, 0.1) is 28.6 Å². The van der Waals surface area contributed by atoms with Gasteiger partial charge in [0.15, 0.2) is 5.78 Å². The van der Waals surface area contributed by atoms with E-state index >= 15 is 0 Å². The predicted octanol–water partition coefficient (Wildman–Crippen LogP) is 10.4. The molecule has 0 heterocycles. The number of ketones is 1. The van der Waals surface area contributed by atoms with Gasteiger partial charge in [-0.2, -0.15) is 0 Å². The number of fused-ring (bicyclic) bond motifs is 3. The third-order valence-corrected chi connectivity index (χ3v) is 14.5. The number of hydrogen-bond acceptors (Lipinski definition) is 8. The minimum Gasteiger partial charge on any atom is -0.461 e. The number of ether oxygens (including phenoxy) is 2. The second kappa shape index (κ2) is 21.3. The molecule has 4 aliphatic rings. The first-order valence-corrected chi connectivity index (χ1v) is 23.2. The van der Waals surface area contributed by atoms with Crippen LogP contribution in [0.1, 0.15) is 202 Å². The number of hydrogen-bond donors (Lipinski definition) is 3. The molecule has 8 heteroatoms. The summed E-state index contributed by atoms with van der Waals surface area (Å²) in [5.74, 6) is -2.72. The summed E-state index contributed by atoms with van der Waals surface area (Å²) in [5.41, 5.74) is -4.75. The van der Waals surface area contributed by atoms with E-state index in [0.717, 1.165) is 32.1 Å². The van der Waals surface area contributed by atoms with Gasteiger partial charge in [0, 0.05) is 30.1 Å². The van der Waals surface area contributed by atoms with Crippen molar-refractivity contribution in [2.45, 2.75) is 225 Å². The van der Waals surface area contributed by atoms with Crippen molar-refractivity contribution in [1.29, 1.82) is 0 Å². The highest BCUT2D eigenvalue weighted by Crippen LogP contribution is 2.75. The third kappa shape index (κ3) is 10.0. The number of allylic oxidation sites excluding steroid dienone is 1. The molecule has 1 spiro atoms. The van der Waals surface area contributed by atoms with E-state index in [1.165, 1.54) is 103 Å². The predicted molar refractivity (Wildman–Crippen MR) is 223 cm³/mol. The van der Waals surface area contributed by atoms with Crippen LogP contribution < -0.4 is 0 Å². The summed E-state index contributed by atoms with van der Waals surface area (Å²) in [6.07, 6.45) is 27.1. The number of rotatable bonds is 27. The number of esters is 2. The van der Waals surface area contributed by atoms with Crippen molar-refractivity contribution in [1.82, 2.24) is 0 Å². The zero-order chi connectivity index (χ0) is 41.0. The molecule has 0 unspecified atom stereocenters. The van der Waals surface area contributed by atoms with Crippen LogP contribution in [0.4, 0.5) is 0 Å². The Hall–Kier alpha value is -2.03. The standard InChI is InChI=1S/C48H80O8/c1-7-9-11-13-15-17-18-19-20-22-23-25-27-29-39(49)55-34-37-31-38-41-45(5,6)47(41,56-40(50)30-28-26-24-21-16-14-12-10-8-2)33-36(4)46(44(38)53)32-35(3)42(51)48(46,54)43(37)52/h31-32,36,38,41-43,51-52,54H,7-30,33-34H2,1-6H3/t36-,38+,41-,42+,43-,46+,47+,48-/m1/s1. The fourth-order valence-corrected chi connectivity index (χ4v) is 11.1. The lowest BCUT2D eigenvalue weighted by atomic mass is 9.59. The number of carbonyl (C=O) groups is 3. The molecule has 0 aromatic rings. The maximum atomic E-state index is 14.9. The molecule has 4 rings (SSSR count). The van der Waals surface area contributed by atoms with Crippen molar-refractivity contribution in [2.75, 3.05) is 6.61 Å². The van der Waals surface area contributed by atoms with E-state index in [0.29, 0.717) is 24.8 Å². The van der Waals surface area contributed by atoms with Crippen LogP contribution in [0.5, 0.6) is 0 Å². The lowest BCUT2D eigenvalue weighted by Gasteiger charge is -2.48. The molecule has 2 fully saturated rings. The molecule has 320 valence electrons. The molecule has 4 aliphatic carbocycles. The van der Waals surface area contributed by atoms with Crippen molar-refractivity contribution in [2.24, 2.45) is 28.6 Å². The van der Waals surface area contributed by atoms with Crippen LogP contribution in [0.15, 0.2) is 23.3 Å². The van der Waals surface area contributed by atoms with Gasteiger partial charge in [0.1, 0.15) is 30.0 Å². The Balaban J connectivity index is 1.36. The Bertz CT molecular complexity index is 1350. The average Bonchev–Trinajstić information content (AvgIpc) is 3.58. The Morgan fingerprint density at radius 1 is 0.714 bits per heavy atom. The number of Topliss-reactive ketones (excluding diaryl/α,β-unsaturated/α-hetero) is 1. The summed E-state index contributed by atoms with van der Waals surface area (Å²) in [5, 5.41) is 36.0. The van der Waals surface area contributed by atoms with Crippen molar-refractivity contribution >= 4 is 17.7 Å². The van der Waals surface area contributed by atoms with Crippen molar-refractivity contribution < 1.29 is 39.2 Å². The van der Waals surface area contributed by atoms with Gasteiger partial charge in [-0.05, 0) is 43.3 Å². The molecule has 0 amide bonds. The molecule has 8 atom stereocenters. The summed E-state index contributed by atoms with van der Waals surface area (Å²) in [7, 11) is 0. The Morgan fingerprint density at radius 3 is 1.64 bits per heavy atom. The fraction of sp³-hybridized carbons (Fsp3) is 0.854. The second-order valence-electron chi connectivity index (χ2n) is 18.9. The van der Waals surface area contributed by atoms with Crippen LogP contribution in [0.25, 0.3) is 0 Å². The number of carbonyl (C=O) groups excluding carboxylic acids is 3. The summed E-state index contributed by atoms with van der Waals surface area (Å²) in [6.45, 7) is 11.8. The molecule has 8 nitrogen and oxygen atoms in total. The quantitative estimate of drug-likeness (QED) is 0.0426. The van der Waals surface area contributed by atoms with E-state index in [4.69, 9.17) is 9.47 Å². The monoisotopic (exact) mass is 785 g/mol. The Kier molecular flexibility index (Phi) is 17.7. The molecule has 0 radical (unpaired) electrons. The van der Waals surface area contributed by atoms with Crippen molar-refractivity contribution in [3.8, 4) is 0 Å². The molecule has 0 aromatic heterocycles. The van der Waals surface area contributed by atoms with Gasteiger partial charge in [0.05, 0.1) is 5.41 Å². The van der Waals surface area contributed by atoms with Crippen molar-refractivity contribution in [3.63, 3.8) is 0 Å². The maximum Gasteiger partial charge on any atom is 0.306 e. The van der Waals surface area contributed by atoms with E-state index < -0.39 is 52.0 Å². The van der Waals surface area contributed by atoms with Crippen LogP contribution in [0.3, 0.4) is 0 Å². The molecule has 56 heavy (non-hydrogen) atoms. The summed E-state index contributed by atoms with van der Waals surface area (Å²) in [6, 6.07) is 0. The second-order valence-corrected chi connectivity index (χ2v) is 18.9. The highest BCUT2D eigenvalue weighted by Gasteiger charge is 2.83. The SMILES string of the molecule is CCCCCCCCCCCCCCCC(=O)OCC1=C[C@@H]2C(=O)[C@]3(C=C(C)[C@H](O)[C@@]3(O)[C@@H]1O)[C@H](C)C[C@]1(OC(=O)CCCCCCCCCCC)[C@H]2C1(C)C. The molecule has 0 aromatic carbocycles. The Labute approximate surface area is 340 Å². The van der Waals surface area contributed by atoms with E-state index in [2.05, 4.69) is 13.8 Å². The zero-order valence-electron chi connectivity index (χ0n) is 36.3. The van der Waals surface area contributed by atoms with E-state index in [9.17, 15) is 29.7 Å². The van der Waals surface area contributed by atoms with Gasteiger partial charge in [-0.25, -0.2) is 0 Å². The van der Waals surface area contributed by atoms with Crippen LogP contribution in [0.2, 0.25) is 0 Å². The minimum atomic E-state index is -2.27. The number of aliphatic hydroxyl groups excluding tert-OH is 2. The topological polar surface area (TPSA) is 130 Å². The molecular formula is C48H80O8. The molecule has 3 N–H and O–H groups in total. The molecular weight excluding hydrogens is 705 g/mol. The minimum absolute atomic E-state index is 0.209. The number of unbranched alkanes of at least 4 members (excludes halogenated alkanes) is 20. The van der Waals surface area contributed by atoms with Gasteiger partial charge in [0.25, 0.3) is 0 Å². The maximum absolute atomic E-state index is 14.9. The summed E-state index contributed by atoms with van der Waals surface area (Å²) in [4.78, 5) is 41.4. The smallest absolute Gasteiger partial charge is 0.306 e. The lowest BCUT2D eigenvalue weighted by Crippen LogP contribution is -2.65. The van der Waals surface area contributed by atoms with Crippen LogP contribution in [-0.4, -0.2) is 63.1 Å². The number of aliphatic hydroxyl groups is 3. The first-order valence-electron chi connectivity index (χ1n) is 23.2. The molecule has 2 saturated carbocycles. The first-order chi connectivity index (χ1) is 26.8. The Morgan fingerprint density at radius 2 is 1.16 bits per heavy atom. The van der Waals surface area contributed by atoms with Gasteiger partial charge >= 0.3 is 11.9 Å². The molecule has 0 saturated heterocycles. The van der Waals surface area contributed by atoms with Crippen LogP contribution >= 0.6 is 0 Å². The molecule has 2 bridgehead atoms. The highest BCUT2D eigenvalue weighted by molar-refractivity contribution is 5.96. The fourth-order valence-electron chi connectivity index (χ4n) is 11.1. The van der Waals surface area contributed by atoms with Crippen LogP contribution in [-0.2, 0) is 23.9 Å². The third-order valence-electron chi connectivity index (χ3n) is 14.5.